The van der Waals surface area contributed by atoms with Gasteiger partial charge in [-0.2, -0.15) is 0 Å². The summed E-state index contributed by atoms with van der Waals surface area (Å²) >= 11 is 6.18. The van der Waals surface area contributed by atoms with Crippen molar-refractivity contribution in [2.24, 2.45) is 0 Å². The van der Waals surface area contributed by atoms with Crippen molar-refractivity contribution in [1.82, 2.24) is 4.90 Å². The zero-order valence-electron chi connectivity index (χ0n) is 17.6. The van der Waals surface area contributed by atoms with Gasteiger partial charge in [-0.3, -0.25) is 9.69 Å². The molecule has 1 aliphatic heterocycles. The fraction of sp³-hybridized carbons (Fsp3) is 0.167. The lowest BCUT2D eigenvalue weighted by Crippen LogP contribution is -2.49. The Bertz CT molecular complexity index is 1270. The Morgan fingerprint density at radius 2 is 1.71 bits per heavy atom. The summed E-state index contributed by atoms with van der Waals surface area (Å²) in [6.45, 7) is 0.900. The summed E-state index contributed by atoms with van der Waals surface area (Å²) in [5.74, 6) is -4.63. The summed E-state index contributed by atoms with van der Waals surface area (Å²) in [6, 6.07) is 10.2. The lowest BCUT2D eigenvalue weighted by Gasteiger charge is -2.36. The number of nitrogens with zero attached hydrogens (tertiary/aromatic N) is 2. The van der Waals surface area contributed by atoms with Crippen LogP contribution in [0.2, 0.25) is 5.02 Å². The molecule has 0 saturated carbocycles. The van der Waals surface area contributed by atoms with Crippen LogP contribution in [-0.4, -0.2) is 29.9 Å². The van der Waals surface area contributed by atoms with E-state index in [0.29, 0.717) is 36.8 Å². The van der Waals surface area contributed by atoms with Crippen molar-refractivity contribution >= 4 is 34.9 Å². The number of carbonyl (C=O) groups excluding carboxylic acids is 2. The molecule has 0 radical (unpaired) electrons. The van der Waals surface area contributed by atoms with E-state index >= 15 is 0 Å². The minimum atomic E-state index is -1.02. The molecule has 4 rings (SSSR count). The van der Waals surface area contributed by atoms with Crippen LogP contribution in [0.15, 0.2) is 54.6 Å². The molecule has 10 heteroatoms. The van der Waals surface area contributed by atoms with Gasteiger partial charge in [-0.15, -0.1) is 0 Å². The molecule has 5 nitrogen and oxygen atoms in total. The average Bonchev–Trinajstić information content (AvgIpc) is 2.79. The second-order valence-electron chi connectivity index (χ2n) is 7.70. The van der Waals surface area contributed by atoms with E-state index in [9.17, 15) is 27.2 Å². The van der Waals surface area contributed by atoms with Crippen molar-refractivity contribution in [2.45, 2.75) is 13.0 Å². The molecule has 3 aromatic rings. The Labute approximate surface area is 197 Å². The molecule has 0 unspecified atom stereocenters. The molecular formula is C24H18ClF4N3O2. The Morgan fingerprint density at radius 1 is 0.912 bits per heavy atom. The van der Waals surface area contributed by atoms with Crippen LogP contribution in [0.25, 0.3) is 0 Å². The van der Waals surface area contributed by atoms with Crippen LogP contribution in [-0.2, 0) is 6.54 Å². The van der Waals surface area contributed by atoms with Gasteiger partial charge in [-0.1, -0.05) is 17.7 Å². The van der Waals surface area contributed by atoms with Crippen LogP contribution < -0.4 is 10.2 Å². The van der Waals surface area contributed by atoms with Crippen LogP contribution >= 0.6 is 11.6 Å². The standard InChI is InChI=1S/C24H18ClF4N3O2/c25-18-6-4-16(12-22(18)30-23(33)17-5-3-15(26)11-20(17)28)32-9-1-8-31(24(32)34)13-14-2-7-19(27)21(29)10-14/h2-7,10-12H,1,8-9,13H2,(H,30,33). The van der Waals surface area contributed by atoms with Crippen LogP contribution in [0.1, 0.15) is 22.3 Å². The molecule has 0 bridgehead atoms. The van der Waals surface area contributed by atoms with E-state index < -0.39 is 29.2 Å². The van der Waals surface area contributed by atoms with Gasteiger partial charge in [0.15, 0.2) is 11.6 Å². The van der Waals surface area contributed by atoms with E-state index in [4.69, 9.17) is 11.6 Å². The summed E-state index contributed by atoms with van der Waals surface area (Å²) < 4.78 is 53.8. The molecule has 3 amide bonds. The topological polar surface area (TPSA) is 52.7 Å². The van der Waals surface area contributed by atoms with Gasteiger partial charge in [-0.25, -0.2) is 22.4 Å². The Morgan fingerprint density at radius 3 is 2.44 bits per heavy atom. The zero-order valence-corrected chi connectivity index (χ0v) is 18.4. The molecule has 34 heavy (non-hydrogen) atoms. The van der Waals surface area contributed by atoms with Gasteiger partial charge in [0.2, 0.25) is 0 Å². The third-order valence-electron chi connectivity index (χ3n) is 5.35. The normalized spacial score (nSPS) is 13.9. The molecule has 1 fully saturated rings. The number of carbonyl (C=O) groups is 2. The van der Waals surface area contributed by atoms with Crippen molar-refractivity contribution in [3.05, 3.63) is 94.0 Å². The third kappa shape index (κ3) is 4.99. The number of benzene rings is 3. The summed E-state index contributed by atoms with van der Waals surface area (Å²) in [4.78, 5) is 28.5. The molecule has 176 valence electrons. The van der Waals surface area contributed by atoms with Crippen molar-refractivity contribution in [3.8, 4) is 0 Å². The lowest BCUT2D eigenvalue weighted by atomic mass is 10.1. The maximum Gasteiger partial charge on any atom is 0.324 e. The van der Waals surface area contributed by atoms with Gasteiger partial charge in [0.1, 0.15) is 11.6 Å². The van der Waals surface area contributed by atoms with Gasteiger partial charge in [-0.05, 0) is 54.4 Å². The largest absolute Gasteiger partial charge is 0.324 e. The van der Waals surface area contributed by atoms with Crippen LogP contribution in [0.4, 0.5) is 33.7 Å². The van der Waals surface area contributed by atoms with Gasteiger partial charge in [0, 0.05) is 31.4 Å². The first kappa shape index (κ1) is 23.6. The fourth-order valence-electron chi connectivity index (χ4n) is 3.67. The van der Waals surface area contributed by atoms with Crippen LogP contribution in [0.5, 0.6) is 0 Å². The first-order valence-electron chi connectivity index (χ1n) is 10.3. The van der Waals surface area contributed by atoms with E-state index in [-0.39, 0.29) is 28.8 Å². The summed E-state index contributed by atoms with van der Waals surface area (Å²) in [5, 5.41) is 2.64. The predicted octanol–water partition coefficient (Wildman–Crippen LogP) is 5.98. The third-order valence-corrected chi connectivity index (χ3v) is 5.68. The highest BCUT2D eigenvalue weighted by molar-refractivity contribution is 6.34. The number of nitrogens with one attached hydrogen (secondary N) is 1. The smallest absolute Gasteiger partial charge is 0.320 e. The second-order valence-corrected chi connectivity index (χ2v) is 8.11. The molecule has 3 aromatic carbocycles. The van der Waals surface area contributed by atoms with Gasteiger partial charge >= 0.3 is 6.03 Å². The predicted molar refractivity (Wildman–Crippen MR) is 120 cm³/mol. The van der Waals surface area contributed by atoms with E-state index in [1.54, 1.807) is 6.07 Å². The van der Waals surface area contributed by atoms with Gasteiger partial charge < -0.3 is 10.2 Å². The lowest BCUT2D eigenvalue weighted by molar-refractivity contribution is 0.102. The molecular weight excluding hydrogens is 474 g/mol. The highest BCUT2D eigenvalue weighted by Gasteiger charge is 2.27. The maximum atomic E-state index is 14.0. The van der Waals surface area contributed by atoms with E-state index in [1.807, 2.05) is 0 Å². The molecule has 0 aromatic heterocycles. The Kier molecular flexibility index (Phi) is 6.74. The molecule has 0 atom stereocenters. The first-order chi connectivity index (χ1) is 16.2. The average molecular weight is 492 g/mol. The zero-order chi connectivity index (χ0) is 24.4. The molecule has 0 spiro atoms. The first-order valence-corrected chi connectivity index (χ1v) is 10.7. The quantitative estimate of drug-likeness (QED) is 0.446. The molecule has 0 aliphatic carbocycles. The van der Waals surface area contributed by atoms with E-state index in [0.717, 1.165) is 24.3 Å². The van der Waals surface area contributed by atoms with E-state index in [1.165, 1.54) is 28.0 Å². The van der Waals surface area contributed by atoms with E-state index in [2.05, 4.69) is 5.32 Å². The summed E-state index contributed by atoms with van der Waals surface area (Å²) in [5.41, 5.74) is 0.645. The number of anilines is 2. The van der Waals surface area contributed by atoms with Crippen molar-refractivity contribution in [3.63, 3.8) is 0 Å². The molecule has 1 N–H and O–H groups in total. The summed E-state index contributed by atoms with van der Waals surface area (Å²) in [7, 11) is 0. The van der Waals surface area contributed by atoms with Gasteiger partial charge in [0.25, 0.3) is 5.91 Å². The van der Waals surface area contributed by atoms with Crippen molar-refractivity contribution in [1.29, 1.82) is 0 Å². The SMILES string of the molecule is O=C(Nc1cc(N2CCCN(Cc3ccc(F)c(F)c3)C2=O)ccc1Cl)c1ccc(F)cc1F. The maximum absolute atomic E-state index is 14.0. The number of halogens is 5. The number of hydrogen-bond acceptors (Lipinski definition) is 2. The van der Waals surface area contributed by atoms with Crippen molar-refractivity contribution < 1.29 is 27.2 Å². The van der Waals surface area contributed by atoms with Crippen LogP contribution in [0.3, 0.4) is 0 Å². The minimum absolute atomic E-state index is 0.0908. The molecule has 1 heterocycles. The van der Waals surface area contributed by atoms with Crippen LogP contribution in [0, 0.1) is 23.3 Å². The number of rotatable bonds is 5. The Balaban J connectivity index is 1.53. The molecule has 1 saturated heterocycles. The fourth-order valence-corrected chi connectivity index (χ4v) is 3.83. The van der Waals surface area contributed by atoms with Gasteiger partial charge in [0.05, 0.1) is 16.3 Å². The van der Waals surface area contributed by atoms with Crippen molar-refractivity contribution in [2.75, 3.05) is 23.3 Å². The molecule has 1 aliphatic rings. The number of urea groups is 1. The second kappa shape index (κ2) is 9.72. The summed E-state index contributed by atoms with van der Waals surface area (Å²) in [6.07, 6.45) is 0.612. The number of hydrogen-bond donors (Lipinski definition) is 1. The monoisotopic (exact) mass is 491 g/mol. The Hall–Kier alpha value is -3.59. The highest BCUT2D eigenvalue weighted by Crippen LogP contribution is 2.30. The number of amides is 3. The minimum Gasteiger partial charge on any atom is -0.320 e. The highest BCUT2D eigenvalue weighted by atomic mass is 35.5.